The SMILES string of the molecule is c1ccc(CCNc2cccc([C@@H]3CCCN3)n2)nc1. The molecule has 3 rings (SSSR count). The highest BCUT2D eigenvalue weighted by molar-refractivity contribution is 5.36. The molecule has 0 saturated carbocycles. The molecule has 0 radical (unpaired) electrons. The van der Waals surface area contributed by atoms with E-state index in [9.17, 15) is 0 Å². The lowest BCUT2D eigenvalue weighted by Gasteiger charge is -2.12. The highest BCUT2D eigenvalue weighted by Gasteiger charge is 2.17. The van der Waals surface area contributed by atoms with Crippen LogP contribution >= 0.6 is 0 Å². The second-order valence-corrected chi connectivity index (χ2v) is 5.09. The van der Waals surface area contributed by atoms with E-state index in [1.54, 1.807) is 0 Å². The number of pyridine rings is 2. The molecule has 4 nitrogen and oxygen atoms in total. The summed E-state index contributed by atoms with van der Waals surface area (Å²) in [6, 6.07) is 12.6. The monoisotopic (exact) mass is 268 g/mol. The number of aromatic nitrogens is 2. The standard InChI is InChI=1S/C16H20N4/c1-2-10-17-13(5-1)9-12-19-16-8-3-6-15(20-16)14-7-4-11-18-14/h1-3,5-6,8,10,14,18H,4,7,9,11-12H2,(H,19,20)/t14-/m0/s1. The van der Waals surface area contributed by atoms with Gasteiger partial charge in [-0.15, -0.1) is 0 Å². The molecule has 0 aromatic carbocycles. The molecule has 0 aliphatic carbocycles. The number of hydrogen-bond acceptors (Lipinski definition) is 4. The summed E-state index contributed by atoms with van der Waals surface area (Å²) in [4.78, 5) is 9.01. The van der Waals surface area contributed by atoms with Gasteiger partial charge in [-0.05, 0) is 43.7 Å². The maximum atomic E-state index is 4.69. The van der Waals surface area contributed by atoms with Crippen molar-refractivity contribution >= 4 is 5.82 Å². The third-order valence-electron chi connectivity index (χ3n) is 3.60. The summed E-state index contributed by atoms with van der Waals surface area (Å²) in [6.07, 6.45) is 5.17. The third-order valence-corrected chi connectivity index (χ3v) is 3.60. The number of nitrogens with one attached hydrogen (secondary N) is 2. The van der Waals surface area contributed by atoms with Crippen LogP contribution < -0.4 is 10.6 Å². The van der Waals surface area contributed by atoms with Gasteiger partial charge in [0.1, 0.15) is 5.82 Å². The van der Waals surface area contributed by atoms with Gasteiger partial charge in [0.2, 0.25) is 0 Å². The predicted molar refractivity (Wildman–Crippen MR) is 80.6 cm³/mol. The van der Waals surface area contributed by atoms with E-state index in [1.807, 2.05) is 30.5 Å². The molecule has 0 spiro atoms. The smallest absolute Gasteiger partial charge is 0.126 e. The van der Waals surface area contributed by atoms with Crippen LogP contribution in [0, 0.1) is 0 Å². The molecule has 0 bridgehead atoms. The summed E-state index contributed by atoms with van der Waals surface area (Å²) in [5, 5.41) is 6.86. The molecule has 3 heterocycles. The van der Waals surface area contributed by atoms with Crippen molar-refractivity contribution < 1.29 is 0 Å². The minimum atomic E-state index is 0.424. The van der Waals surface area contributed by atoms with E-state index < -0.39 is 0 Å². The van der Waals surface area contributed by atoms with Crippen molar-refractivity contribution in [2.24, 2.45) is 0 Å². The Hall–Kier alpha value is -1.94. The molecule has 1 aliphatic rings. The van der Waals surface area contributed by atoms with Crippen LogP contribution in [0.15, 0.2) is 42.6 Å². The molecule has 1 atom stereocenters. The fraction of sp³-hybridized carbons (Fsp3) is 0.375. The fourth-order valence-electron chi connectivity index (χ4n) is 2.55. The molecule has 0 amide bonds. The Kier molecular flexibility index (Phi) is 4.23. The van der Waals surface area contributed by atoms with Crippen molar-refractivity contribution in [1.82, 2.24) is 15.3 Å². The van der Waals surface area contributed by atoms with Crippen LogP contribution in [-0.2, 0) is 6.42 Å². The molecule has 0 unspecified atom stereocenters. The average molecular weight is 268 g/mol. The van der Waals surface area contributed by atoms with Crippen molar-refractivity contribution in [2.45, 2.75) is 25.3 Å². The molecular formula is C16H20N4. The van der Waals surface area contributed by atoms with E-state index in [1.165, 1.54) is 12.8 Å². The van der Waals surface area contributed by atoms with E-state index in [0.717, 1.165) is 36.7 Å². The first-order valence-corrected chi connectivity index (χ1v) is 7.26. The highest BCUT2D eigenvalue weighted by Crippen LogP contribution is 2.22. The molecule has 20 heavy (non-hydrogen) atoms. The molecule has 2 aromatic heterocycles. The van der Waals surface area contributed by atoms with Crippen molar-refractivity contribution in [3.8, 4) is 0 Å². The third kappa shape index (κ3) is 3.33. The van der Waals surface area contributed by atoms with Crippen molar-refractivity contribution in [2.75, 3.05) is 18.4 Å². The lowest BCUT2D eigenvalue weighted by atomic mass is 10.1. The van der Waals surface area contributed by atoms with Crippen LogP contribution in [0.25, 0.3) is 0 Å². The summed E-state index contributed by atoms with van der Waals surface area (Å²) >= 11 is 0. The fourth-order valence-corrected chi connectivity index (χ4v) is 2.55. The normalized spacial score (nSPS) is 18.1. The van der Waals surface area contributed by atoms with Crippen LogP contribution in [0.2, 0.25) is 0 Å². The number of anilines is 1. The Balaban J connectivity index is 1.56. The highest BCUT2D eigenvalue weighted by atomic mass is 15.0. The largest absolute Gasteiger partial charge is 0.370 e. The Morgan fingerprint density at radius 2 is 2.20 bits per heavy atom. The van der Waals surface area contributed by atoms with Crippen LogP contribution in [0.4, 0.5) is 5.82 Å². The quantitative estimate of drug-likeness (QED) is 0.875. The number of hydrogen-bond donors (Lipinski definition) is 2. The lowest BCUT2D eigenvalue weighted by Crippen LogP contribution is -2.15. The molecule has 1 saturated heterocycles. The predicted octanol–water partition coefficient (Wildman–Crippen LogP) is 2.56. The van der Waals surface area contributed by atoms with Gasteiger partial charge in [-0.1, -0.05) is 12.1 Å². The minimum Gasteiger partial charge on any atom is -0.370 e. The number of rotatable bonds is 5. The van der Waals surface area contributed by atoms with E-state index in [-0.39, 0.29) is 0 Å². The first-order chi connectivity index (χ1) is 9.92. The van der Waals surface area contributed by atoms with Gasteiger partial charge in [0.05, 0.1) is 5.69 Å². The topological polar surface area (TPSA) is 49.8 Å². The van der Waals surface area contributed by atoms with Gasteiger partial charge in [-0.2, -0.15) is 0 Å². The molecule has 1 aliphatic heterocycles. The zero-order valence-corrected chi connectivity index (χ0v) is 11.5. The Bertz CT molecular complexity index is 535. The van der Waals surface area contributed by atoms with Crippen LogP contribution in [0.1, 0.15) is 30.3 Å². The van der Waals surface area contributed by atoms with Crippen molar-refractivity contribution in [3.63, 3.8) is 0 Å². The minimum absolute atomic E-state index is 0.424. The Morgan fingerprint density at radius 3 is 3.00 bits per heavy atom. The molecule has 104 valence electrons. The zero-order chi connectivity index (χ0) is 13.6. The average Bonchev–Trinajstić information content (AvgIpc) is 3.03. The summed E-state index contributed by atoms with van der Waals surface area (Å²) < 4.78 is 0. The Morgan fingerprint density at radius 1 is 1.20 bits per heavy atom. The molecule has 4 heteroatoms. The van der Waals surface area contributed by atoms with E-state index in [0.29, 0.717) is 6.04 Å². The summed E-state index contributed by atoms with van der Waals surface area (Å²) in [5.74, 6) is 0.951. The van der Waals surface area contributed by atoms with Gasteiger partial charge in [-0.25, -0.2) is 4.98 Å². The van der Waals surface area contributed by atoms with E-state index in [4.69, 9.17) is 4.98 Å². The van der Waals surface area contributed by atoms with Gasteiger partial charge in [0, 0.05) is 30.9 Å². The summed E-state index contributed by atoms with van der Waals surface area (Å²) in [5.41, 5.74) is 2.25. The van der Waals surface area contributed by atoms with E-state index >= 15 is 0 Å². The van der Waals surface area contributed by atoms with Gasteiger partial charge < -0.3 is 10.6 Å². The van der Waals surface area contributed by atoms with Gasteiger partial charge in [0.25, 0.3) is 0 Å². The van der Waals surface area contributed by atoms with Gasteiger partial charge in [-0.3, -0.25) is 4.98 Å². The molecule has 2 N–H and O–H groups in total. The second-order valence-electron chi connectivity index (χ2n) is 5.09. The zero-order valence-electron chi connectivity index (χ0n) is 11.5. The Labute approximate surface area is 119 Å². The summed E-state index contributed by atoms with van der Waals surface area (Å²) in [6.45, 7) is 1.95. The van der Waals surface area contributed by atoms with Crippen molar-refractivity contribution in [1.29, 1.82) is 0 Å². The lowest BCUT2D eigenvalue weighted by molar-refractivity contribution is 0.628. The first kappa shape index (κ1) is 13.1. The first-order valence-electron chi connectivity index (χ1n) is 7.26. The number of nitrogens with zero attached hydrogens (tertiary/aromatic N) is 2. The summed E-state index contributed by atoms with van der Waals surface area (Å²) in [7, 11) is 0. The second kappa shape index (κ2) is 6.48. The molecule has 2 aromatic rings. The van der Waals surface area contributed by atoms with Crippen LogP contribution in [0.3, 0.4) is 0 Å². The maximum Gasteiger partial charge on any atom is 0.126 e. The maximum absolute atomic E-state index is 4.69. The molecule has 1 fully saturated rings. The van der Waals surface area contributed by atoms with Crippen LogP contribution in [-0.4, -0.2) is 23.1 Å². The van der Waals surface area contributed by atoms with E-state index in [2.05, 4.69) is 27.8 Å². The van der Waals surface area contributed by atoms with Crippen LogP contribution in [0.5, 0.6) is 0 Å². The van der Waals surface area contributed by atoms with Gasteiger partial charge >= 0.3 is 0 Å². The molecular weight excluding hydrogens is 248 g/mol. The van der Waals surface area contributed by atoms with Crippen molar-refractivity contribution in [3.05, 3.63) is 54.0 Å². The van der Waals surface area contributed by atoms with Gasteiger partial charge in [0.15, 0.2) is 0 Å².